The van der Waals surface area contributed by atoms with Gasteiger partial charge >= 0.3 is 0 Å². The van der Waals surface area contributed by atoms with E-state index in [2.05, 4.69) is 10.0 Å². The fourth-order valence-electron chi connectivity index (χ4n) is 1.32. The van der Waals surface area contributed by atoms with E-state index in [1.807, 2.05) is 6.92 Å². The van der Waals surface area contributed by atoms with E-state index in [0.717, 1.165) is 0 Å². The van der Waals surface area contributed by atoms with Gasteiger partial charge in [-0.1, -0.05) is 6.92 Å². The number of benzene rings is 1. The minimum Gasteiger partial charge on any atom is -0.397 e. The standard InChI is InChI=1S/C11H19N3O3S/c1-8(7-15)6-14-11-5-9(3-4-10(11)12)18(16,17)13-2/h3-5,8,13-15H,6-7,12H2,1-2H3. The second-order valence-corrected chi connectivity index (χ2v) is 6.01. The molecule has 0 heterocycles. The largest absolute Gasteiger partial charge is 0.397 e. The summed E-state index contributed by atoms with van der Waals surface area (Å²) in [5.74, 6) is 0.0639. The fraction of sp³-hybridized carbons (Fsp3) is 0.455. The van der Waals surface area contributed by atoms with Gasteiger partial charge < -0.3 is 16.2 Å². The van der Waals surface area contributed by atoms with Crippen LogP contribution >= 0.6 is 0 Å². The molecule has 0 radical (unpaired) electrons. The number of aliphatic hydroxyl groups excluding tert-OH is 1. The average Bonchev–Trinajstić information content (AvgIpc) is 2.37. The molecule has 1 rings (SSSR count). The number of nitrogen functional groups attached to an aromatic ring is 1. The predicted molar refractivity (Wildman–Crippen MR) is 71.8 cm³/mol. The van der Waals surface area contributed by atoms with Crippen LogP contribution in [0.25, 0.3) is 0 Å². The van der Waals surface area contributed by atoms with Crippen molar-refractivity contribution in [3.05, 3.63) is 18.2 Å². The van der Waals surface area contributed by atoms with Crippen molar-refractivity contribution in [2.75, 3.05) is 31.2 Å². The summed E-state index contributed by atoms with van der Waals surface area (Å²) in [5.41, 5.74) is 6.78. The van der Waals surface area contributed by atoms with Crippen molar-refractivity contribution in [3.63, 3.8) is 0 Å². The lowest BCUT2D eigenvalue weighted by Crippen LogP contribution is -2.19. The van der Waals surface area contributed by atoms with E-state index in [-0.39, 0.29) is 17.4 Å². The van der Waals surface area contributed by atoms with Crippen LogP contribution in [0.3, 0.4) is 0 Å². The Kier molecular flexibility index (Phi) is 4.94. The molecule has 0 aliphatic carbocycles. The fourth-order valence-corrected chi connectivity index (χ4v) is 2.08. The van der Waals surface area contributed by atoms with Crippen LogP contribution in [0, 0.1) is 5.92 Å². The van der Waals surface area contributed by atoms with Crippen LogP contribution < -0.4 is 15.8 Å². The lowest BCUT2D eigenvalue weighted by atomic mass is 10.2. The van der Waals surface area contributed by atoms with Gasteiger partial charge in [0.05, 0.1) is 16.3 Å². The van der Waals surface area contributed by atoms with E-state index in [0.29, 0.717) is 17.9 Å². The van der Waals surface area contributed by atoms with Crippen LogP contribution in [0.15, 0.2) is 23.1 Å². The van der Waals surface area contributed by atoms with Crippen molar-refractivity contribution >= 4 is 21.4 Å². The summed E-state index contributed by atoms with van der Waals surface area (Å²) in [5, 5.41) is 11.9. The van der Waals surface area contributed by atoms with Gasteiger partial charge in [0.2, 0.25) is 10.0 Å². The first kappa shape index (κ1) is 14.7. The van der Waals surface area contributed by atoms with Gasteiger partial charge in [-0.3, -0.25) is 0 Å². The summed E-state index contributed by atoms with van der Waals surface area (Å²) in [6.45, 7) is 2.45. The molecule has 1 atom stereocenters. The molecule has 102 valence electrons. The number of nitrogens with two attached hydrogens (primary N) is 1. The summed E-state index contributed by atoms with van der Waals surface area (Å²) in [6.07, 6.45) is 0. The number of rotatable bonds is 6. The van der Waals surface area contributed by atoms with Crippen LogP contribution in [0.1, 0.15) is 6.92 Å². The Morgan fingerprint density at radius 3 is 2.67 bits per heavy atom. The second kappa shape index (κ2) is 6.03. The Labute approximate surface area is 107 Å². The Hall–Kier alpha value is -1.31. The van der Waals surface area contributed by atoms with Crippen molar-refractivity contribution in [2.24, 2.45) is 5.92 Å². The van der Waals surface area contributed by atoms with Crippen LogP contribution in [0.5, 0.6) is 0 Å². The molecule has 6 nitrogen and oxygen atoms in total. The topological polar surface area (TPSA) is 104 Å². The van der Waals surface area contributed by atoms with Gasteiger partial charge in [-0.25, -0.2) is 13.1 Å². The molecule has 5 N–H and O–H groups in total. The molecule has 0 aliphatic heterocycles. The van der Waals surface area contributed by atoms with E-state index >= 15 is 0 Å². The summed E-state index contributed by atoms with van der Waals surface area (Å²) >= 11 is 0. The molecule has 0 saturated heterocycles. The van der Waals surface area contributed by atoms with E-state index in [4.69, 9.17) is 10.8 Å². The molecule has 0 aromatic heterocycles. The van der Waals surface area contributed by atoms with Gasteiger partial charge in [-0.15, -0.1) is 0 Å². The highest BCUT2D eigenvalue weighted by atomic mass is 32.2. The summed E-state index contributed by atoms with van der Waals surface area (Å²) < 4.78 is 25.5. The average molecular weight is 273 g/mol. The number of aliphatic hydroxyl groups is 1. The zero-order valence-electron chi connectivity index (χ0n) is 10.5. The van der Waals surface area contributed by atoms with E-state index in [9.17, 15) is 8.42 Å². The molecule has 0 amide bonds. The van der Waals surface area contributed by atoms with Crippen LogP contribution in [-0.4, -0.2) is 33.7 Å². The van der Waals surface area contributed by atoms with Crippen molar-refractivity contribution in [1.29, 1.82) is 0 Å². The number of nitrogens with one attached hydrogen (secondary N) is 2. The lowest BCUT2D eigenvalue weighted by molar-refractivity contribution is 0.244. The van der Waals surface area contributed by atoms with Crippen LogP contribution in [-0.2, 0) is 10.0 Å². The van der Waals surface area contributed by atoms with Crippen LogP contribution in [0.2, 0.25) is 0 Å². The lowest BCUT2D eigenvalue weighted by Gasteiger charge is -2.14. The maximum atomic E-state index is 11.6. The molecule has 7 heteroatoms. The highest BCUT2D eigenvalue weighted by Gasteiger charge is 2.13. The minimum atomic E-state index is -3.48. The van der Waals surface area contributed by atoms with Gasteiger partial charge in [0, 0.05) is 13.2 Å². The highest BCUT2D eigenvalue weighted by molar-refractivity contribution is 7.89. The van der Waals surface area contributed by atoms with Gasteiger partial charge in [0.25, 0.3) is 0 Å². The number of anilines is 2. The Morgan fingerprint density at radius 1 is 1.44 bits per heavy atom. The summed E-state index contributed by atoms with van der Waals surface area (Å²) in [6, 6.07) is 4.46. The molecule has 0 spiro atoms. The van der Waals surface area contributed by atoms with E-state index < -0.39 is 10.0 Å². The Balaban J connectivity index is 2.95. The van der Waals surface area contributed by atoms with Gasteiger partial charge in [0.15, 0.2) is 0 Å². The molecule has 18 heavy (non-hydrogen) atoms. The predicted octanol–water partition coefficient (Wildman–Crippen LogP) is 0.217. The van der Waals surface area contributed by atoms with Crippen molar-refractivity contribution in [2.45, 2.75) is 11.8 Å². The Morgan fingerprint density at radius 2 is 2.11 bits per heavy atom. The van der Waals surface area contributed by atoms with Crippen molar-refractivity contribution < 1.29 is 13.5 Å². The number of hydrogen-bond acceptors (Lipinski definition) is 5. The van der Waals surface area contributed by atoms with Crippen LogP contribution in [0.4, 0.5) is 11.4 Å². The molecule has 0 fully saturated rings. The molecule has 1 unspecified atom stereocenters. The third kappa shape index (κ3) is 3.59. The zero-order chi connectivity index (χ0) is 13.8. The normalized spacial score (nSPS) is 13.3. The SMILES string of the molecule is CNS(=O)(=O)c1ccc(N)c(NCC(C)CO)c1. The third-order valence-electron chi connectivity index (χ3n) is 2.56. The molecule has 0 saturated carbocycles. The second-order valence-electron chi connectivity index (χ2n) is 4.13. The minimum absolute atomic E-state index is 0.0570. The van der Waals surface area contributed by atoms with Crippen molar-refractivity contribution in [3.8, 4) is 0 Å². The third-order valence-corrected chi connectivity index (χ3v) is 3.97. The smallest absolute Gasteiger partial charge is 0.240 e. The first-order chi connectivity index (χ1) is 8.40. The molecular weight excluding hydrogens is 254 g/mol. The maximum Gasteiger partial charge on any atom is 0.240 e. The molecule has 0 bridgehead atoms. The Bertz CT molecular complexity index is 502. The van der Waals surface area contributed by atoms with E-state index in [1.165, 1.54) is 25.2 Å². The van der Waals surface area contributed by atoms with Gasteiger partial charge in [-0.2, -0.15) is 0 Å². The monoisotopic (exact) mass is 273 g/mol. The van der Waals surface area contributed by atoms with Gasteiger partial charge in [-0.05, 0) is 31.2 Å². The molecule has 1 aromatic rings. The van der Waals surface area contributed by atoms with E-state index in [1.54, 1.807) is 0 Å². The first-order valence-electron chi connectivity index (χ1n) is 5.58. The molecule has 0 aliphatic rings. The molecule has 1 aromatic carbocycles. The van der Waals surface area contributed by atoms with Gasteiger partial charge in [0.1, 0.15) is 0 Å². The summed E-state index contributed by atoms with van der Waals surface area (Å²) in [7, 11) is -2.12. The zero-order valence-corrected chi connectivity index (χ0v) is 11.3. The number of sulfonamides is 1. The van der Waals surface area contributed by atoms with Crippen molar-refractivity contribution in [1.82, 2.24) is 4.72 Å². The first-order valence-corrected chi connectivity index (χ1v) is 7.07. The maximum absolute atomic E-state index is 11.6. The number of hydrogen-bond donors (Lipinski definition) is 4. The summed E-state index contributed by atoms with van der Waals surface area (Å²) in [4.78, 5) is 0.151. The highest BCUT2D eigenvalue weighted by Crippen LogP contribution is 2.22. The molecular formula is C11H19N3O3S. The quantitative estimate of drug-likeness (QED) is 0.555.